The SMILES string of the molecule is Nc1nc(Br)n(CCCc2ccccc2)n1. The minimum absolute atomic E-state index is 0.312. The number of nitrogen functional groups attached to an aromatic ring is 1. The molecule has 0 atom stereocenters. The van der Waals surface area contributed by atoms with Crippen LogP contribution >= 0.6 is 15.9 Å². The van der Waals surface area contributed by atoms with E-state index in [0.717, 1.165) is 19.4 Å². The molecule has 0 aliphatic carbocycles. The van der Waals surface area contributed by atoms with Crippen LogP contribution in [0.25, 0.3) is 0 Å². The molecular weight excluding hydrogens is 268 g/mol. The highest BCUT2D eigenvalue weighted by atomic mass is 79.9. The summed E-state index contributed by atoms with van der Waals surface area (Å²) in [5.74, 6) is 0.312. The first-order chi connectivity index (χ1) is 7.75. The molecule has 0 bridgehead atoms. The predicted octanol–water partition coefficient (Wildman–Crippen LogP) is 2.26. The summed E-state index contributed by atoms with van der Waals surface area (Å²) in [6.07, 6.45) is 2.05. The van der Waals surface area contributed by atoms with Crippen LogP contribution in [0.3, 0.4) is 0 Å². The molecule has 0 saturated carbocycles. The topological polar surface area (TPSA) is 56.7 Å². The average Bonchev–Trinajstić information content (AvgIpc) is 2.59. The van der Waals surface area contributed by atoms with Gasteiger partial charge in [-0.25, -0.2) is 4.68 Å². The molecule has 16 heavy (non-hydrogen) atoms. The second-order valence-electron chi connectivity index (χ2n) is 3.55. The lowest BCUT2D eigenvalue weighted by atomic mass is 10.1. The summed E-state index contributed by atoms with van der Waals surface area (Å²) >= 11 is 3.31. The summed E-state index contributed by atoms with van der Waals surface area (Å²) in [5, 5.41) is 4.08. The van der Waals surface area contributed by atoms with Gasteiger partial charge in [0.05, 0.1) is 0 Å². The summed E-state index contributed by atoms with van der Waals surface area (Å²) in [6, 6.07) is 10.4. The van der Waals surface area contributed by atoms with Crippen LogP contribution in [0, 0.1) is 0 Å². The highest BCUT2D eigenvalue weighted by Gasteiger charge is 2.03. The van der Waals surface area contributed by atoms with E-state index in [9.17, 15) is 0 Å². The molecule has 0 fully saturated rings. The average molecular weight is 281 g/mol. The van der Waals surface area contributed by atoms with Crippen molar-refractivity contribution >= 4 is 21.9 Å². The third-order valence-corrected chi connectivity index (χ3v) is 2.91. The highest BCUT2D eigenvalue weighted by Crippen LogP contribution is 2.10. The van der Waals surface area contributed by atoms with E-state index < -0.39 is 0 Å². The molecule has 0 unspecified atom stereocenters. The van der Waals surface area contributed by atoms with Crippen molar-refractivity contribution in [3.8, 4) is 0 Å². The second kappa shape index (κ2) is 5.12. The van der Waals surface area contributed by atoms with Gasteiger partial charge in [-0.3, -0.25) is 0 Å². The molecule has 5 heteroatoms. The van der Waals surface area contributed by atoms with Crippen molar-refractivity contribution in [2.75, 3.05) is 5.73 Å². The van der Waals surface area contributed by atoms with Crippen molar-refractivity contribution in [3.63, 3.8) is 0 Å². The van der Waals surface area contributed by atoms with Crippen LogP contribution in [-0.4, -0.2) is 14.8 Å². The monoisotopic (exact) mass is 280 g/mol. The first-order valence-electron chi connectivity index (χ1n) is 5.15. The summed E-state index contributed by atoms with van der Waals surface area (Å²) in [6.45, 7) is 0.819. The van der Waals surface area contributed by atoms with Gasteiger partial charge in [0, 0.05) is 6.54 Å². The molecule has 2 aromatic rings. The number of benzene rings is 1. The molecule has 0 aliphatic heterocycles. The van der Waals surface area contributed by atoms with Crippen molar-refractivity contribution in [3.05, 3.63) is 40.6 Å². The minimum Gasteiger partial charge on any atom is -0.366 e. The second-order valence-corrected chi connectivity index (χ2v) is 4.26. The zero-order valence-corrected chi connectivity index (χ0v) is 10.4. The van der Waals surface area contributed by atoms with Crippen molar-refractivity contribution in [1.82, 2.24) is 14.8 Å². The van der Waals surface area contributed by atoms with Crippen molar-refractivity contribution in [2.45, 2.75) is 19.4 Å². The molecule has 0 radical (unpaired) electrons. The molecule has 0 amide bonds. The van der Waals surface area contributed by atoms with E-state index in [1.807, 2.05) is 6.07 Å². The van der Waals surface area contributed by atoms with Crippen LogP contribution in [0.15, 0.2) is 35.1 Å². The Labute approximate surface area is 103 Å². The fourth-order valence-electron chi connectivity index (χ4n) is 1.56. The molecule has 4 nitrogen and oxygen atoms in total. The molecule has 0 aliphatic rings. The van der Waals surface area contributed by atoms with Gasteiger partial charge in [-0.05, 0) is 34.3 Å². The quantitative estimate of drug-likeness (QED) is 0.935. The molecule has 2 rings (SSSR count). The number of aryl methyl sites for hydroxylation is 2. The van der Waals surface area contributed by atoms with Gasteiger partial charge in [0.2, 0.25) is 5.95 Å². The van der Waals surface area contributed by atoms with E-state index >= 15 is 0 Å². The third kappa shape index (κ3) is 2.82. The smallest absolute Gasteiger partial charge is 0.240 e. The first kappa shape index (κ1) is 11.1. The van der Waals surface area contributed by atoms with Gasteiger partial charge in [0.15, 0.2) is 4.73 Å². The Bertz CT molecular complexity index is 452. The van der Waals surface area contributed by atoms with E-state index in [2.05, 4.69) is 50.3 Å². The number of anilines is 1. The molecule has 0 saturated heterocycles. The number of nitrogens with zero attached hydrogens (tertiary/aromatic N) is 3. The first-order valence-corrected chi connectivity index (χ1v) is 5.95. The summed E-state index contributed by atoms with van der Waals surface area (Å²) < 4.78 is 2.47. The van der Waals surface area contributed by atoms with Crippen LogP contribution in [0.4, 0.5) is 5.95 Å². The Morgan fingerprint density at radius 1 is 1.25 bits per heavy atom. The van der Waals surface area contributed by atoms with Crippen LogP contribution in [-0.2, 0) is 13.0 Å². The summed E-state index contributed by atoms with van der Waals surface area (Å²) in [5.41, 5.74) is 6.83. The minimum atomic E-state index is 0.312. The van der Waals surface area contributed by atoms with Crippen LogP contribution in [0.2, 0.25) is 0 Å². The maximum absolute atomic E-state index is 5.49. The van der Waals surface area contributed by atoms with Gasteiger partial charge in [-0.1, -0.05) is 30.3 Å². The number of nitrogens with two attached hydrogens (primary N) is 1. The fraction of sp³-hybridized carbons (Fsp3) is 0.273. The Morgan fingerprint density at radius 2 is 2.00 bits per heavy atom. The Morgan fingerprint density at radius 3 is 2.62 bits per heavy atom. The Balaban J connectivity index is 1.87. The van der Waals surface area contributed by atoms with Gasteiger partial charge < -0.3 is 5.73 Å². The van der Waals surface area contributed by atoms with Crippen molar-refractivity contribution < 1.29 is 0 Å². The Kier molecular flexibility index (Phi) is 3.56. The summed E-state index contributed by atoms with van der Waals surface area (Å²) in [7, 11) is 0. The molecule has 1 heterocycles. The molecular formula is C11H13BrN4. The van der Waals surface area contributed by atoms with Crippen molar-refractivity contribution in [1.29, 1.82) is 0 Å². The van der Waals surface area contributed by atoms with E-state index in [1.54, 1.807) is 4.68 Å². The Hall–Kier alpha value is -1.36. The number of aromatic nitrogens is 3. The standard InChI is InChI=1S/C11H13BrN4/c12-10-14-11(13)15-16(10)8-4-7-9-5-2-1-3-6-9/h1-3,5-6H,4,7-8H2,(H2,13,15). The zero-order valence-electron chi connectivity index (χ0n) is 8.81. The number of rotatable bonds is 4. The van der Waals surface area contributed by atoms with Gasteiger partial charge in [0.25, 0.3) is 0 Å². The predicted molar refractivity (Wildman–Crippen MR) is 66.9 cm³/mol. The lowest BCUT2D eigenvalue weighted by molar-refractivity contribution is 0.567. The molecule has 1 aromatic heterocycles. The van der Waals surface area contributed by atoms with Crippen molar-refractivity contribution in [2.24, 2.45) is 0 Å². The number of halogens is 1. The maximum atomic E-state index is 5.49. The van der Waals surface area contributed by atoms with E-state index in [0.29, 0.717) is 10.7 Å². The normalized spacial score (nSPS) is 10.6. The van der Waals surface area contributed by atoms with E-state index in [4.69, 9.17) is 5.73 Å². The van der Waals surface area contributed by atoms with Gasteiger partial charge in [0.1, 0.15) is 0 Å². The maximum Gasteiger partial charge on any atom is 0.240 e. The number of hydrogen-bond acceptors (Lipinski definition) is 3. The molecule has 84 valence electrons. The zero-order chi connectivity index (χ0) is 11.4. The highest BCUT2D eigenvalue weighted by molar-refractivity contribution is 9.10. The third-order valence-electron chi connectivity index (χ3n) is 2.32. The van der Waals surface area contributed by atoms with E-state index in [1.165, 1.54) is 5.56 Å². The van der Waals surface area contributed by atoms with E-state index in [-0.39, 0.29) is 0 Å². The molecule has 0 spiro atoms. The van der Waals surface area contributed by atoms with Gasteiger partial charge >= 0.3 is 0 Å². The lowest BCUT2D eigenvalue weighted by Crippen LogP contribution is -2.02. The largest absolute Gasteiger partial charge is 0.366 e. The van der Waals surface area contributed by atoms with Crippen LogP contribution in [0.1, 0.15) is 12.0 Å². The van der Waals surface area contributed by atoms with Gasteiger partial charge in [-0.2, -0.15) is 4.98 Å². The van der Waals surface area contributed by atoms with Crippen LogP contribution in [0.5, 0.6) is 0 Å². The lowest BCUT2D eigenvalue weighted by Gasteiger charge is -2.02. The molecule has 2 N–H and O–H groups in total. The van der Waals surface area contributed by atoms with Crippen LogP contribution < -0.4 is 5.73 Å². The summed E-state index contributed by atoms with van der Waals surface area (Å²) in [4.78, 5) is 3.98. The molecule has 1 aromatic carbocycles. The van der Waals surface area contributed by atoms with Gasteiger partial charge in [-0.15, -0.1) is 5.10 Å². The fourth-order valence-corrected chi connectivity index (χ4v) is 2.00. The number of hydrogen-bond donors (Lipinski definition) is 1.